The predicted molar refractivity (Wildman–Crippen MR) is 132 cm³/mol. The van der Waals surface area contributed by atoms with Gasteiger partial charge in [0.25, 0.3) is 5.91 Å². The summed E-state index contributed by atoms with van der Waals surface area (Å²) in [5.41, 5.74) is 3.49. The molecular weight excluding hydrogens is 434 g/mol. The number of fused-ring (bicyclic) bond motifs is 2. The average molecular weight is 460 g/mol. The SMILES string of the molecule is C[C@@H]1C(=O)N(c2ccsc2)c2cnc(Nc3ccc4[nH]ncc4c3)nc2N1C1CCCCC1. The third-order valence-electron chi connectivity index (χ3n) is 6.66. The number of hydrogen-bond acceptors (Lipinski definition) is 7. The van der Waals surface area contributed by atoms with Gasteiger partial charge in [-0.15, -0.1) is 0 Å². The summed E-state index contributed by atoms with van der Waals surface area (Å²) < 4.78 is 0. The molecule has 1 aliphatic carbocycles. The van der Waals surface area contributed by atoms with E-state index in [1.165, 1.54) is 19.3 Å². The van der Waals surface area contributed by atoms with Crippen molar-refractivity contribution in [2.75, 3.05) is 15.1 Å². The van der Waals surface area contributed by atoms with Crippen molar-refractivity contribution in [3.8, 4) is 0 Å². The summed E-state index contributed by atoms with van der Waals surface area (Å²) in [5, 5.41) is 15.4. The van der Waals surface area contributed by atoms with Gasteiger partial charge in [-0.25, -0.2) is 4.98 Å². The van der Waals surface area contributed by atoms with E-state index in [0.29, 0.717) is 12.0 Å². The number of hydrogen-bond donors (Lipinski definition) is 2. The maximum absolute atomic E-state index is 13.5. The smallest absolute Gasteiger partial charge is 0.254 e. The summed E-state index contributed by atoms with van der Waals surface area (Å²) in [7, 11) is 0. The van der Waals surface area contributed by atoms with E-state index in [1.54, 1.807) is 28.6 Å². The zero-order chi connectivity index (χ0) is 22.4. The van der Waals surface area contributed by atoms with Gasteiger partial charge in [-0.2, -0.15) is 21.4 Å². The summed E-state index contributed by atoms with van der Waals surface area (Å²) in [6, 6.07) is 7.98. The van der Waals surface area contributed by atoms with Gasteiger partial charge in [0.15, 0.2) is 5.82 Å². The Bertz CT molecular complexity index is 1300. The fourth-order valence-corrected chi connectivity index (χ4v) is 5.65. The Labute approximate surface area is 195 Å². The summed E-state index contributed by atoms with van der Waals surface area (Å²) in [5.74, 6) is 1.41. The van der Waals surface area contributed by atoms with Gasteiger partial charge >= 0.3 is 0 Å². The minimum absolute atomic E-state index is 0.0705. The Kier molecular flexibility index (Phi) is 4.98. The Morgan fingerprint density at radius 1 is 1.15 bits per heavy atom. The van der Waals surface area contributed by atoms with Gasteiger partial charge in [0.2, 0.25) is 5.95 Å². The van der Waals surface area contributed by atoms with Crippen LogP contribution >= 0.6 is 11.3 Å². The monoisotopic (exact) mass is 459 g/mol. The highest BCUT2D eigenvalue weighted by molar-refractivity contribution is 7.08. The number of thiophene rings is 1. The molecule has 6 rings (SSSR count). The van der Waals surface area contributed by atoms with Crippen LogP contribution in [0.1, 0.15) is 39.0 Å². The topological polar surface area (TPSA) is 90.0 Å². The molecular formula is C24H25N7OS. The van der Waals surface area contributed by atoms with Gasteiger partial charge in [-0.3, -0.25) is 14.8 Å². The minimum atomic E-state index is -0.287. The van der Waals surface area contributed by atoms with E-state index in [9.17, 15) is 4.79 Å². The molecule has 2 N–H and O–H groups in total. The van der Waals surface area contributed by atoms with Crippen molar-refractivity contribution in [3.63, 3.8) is 0 Å². The van der Waals surface area contributed by atoms with Crippen molar-refractivity contribution in [1.82, 2.24) is 20.2 Å². The van der Waals surface area contributed by atoms with Crippen LogP contribution in [-0.2, 0) is 4.79 Å². The predicted octanol–water partition coefficient (Wildman–Crippen LogP) is 5.36. The van der Waals surface area contributed by atoms with Crippen LogP contribution < -0.4 is 15.1 Å². The van der Waals surface area contributed by atoms with Crippen molar-refractivity contribution in [1.29, 1.82) is 0 Å². The average Bonchev–Trinajstić information content (AvgIpc) is 3.53. The minimum Gasteiger partial charge on any atom is -0.340 e. The molecule has 9 heteroatoms. The third kappa shape index (κ3) is 3.52. The van der Waals surface area contributed by atoms with Crippen LogP contribution in [0, 0.1) is 0 Å². The fraction of sp³-hybridized carbons (Fsp3) is 0.333. The van der Waals surface area contributed by atoms with E-state index in [4.69, 9.17) is 4.98 Å². The van der Waals surface area contributed by atoms with Gasteiger partial charge in [0.05, 0.1) is 23.6 Å². The van der Waals surface area contributed by atoms with Crippen LogP contribution in [0.25, 0.3) is 10.9 Å². The van der Waals surface area contributed by atoms with Crippen molar-refractivity contribution in [2.45, 2.75) is 51.1 Å². The lowest BCUT2D eigenvalue weighted by atomic mass is 9.92. The first-order chi connectivity index (χ1) is 16.2. The molecule has 0 bridgehead atoms. The number of aromatic amines is 1. The summed E-state index contributed by atoms with van der Waals surface area (Å²) in [6.45, 7) is 2.00. The molecule has 1 saturated carbocycles. The Hall–Kier alpha value is -3.46. The molecule has 1 aromatic carbocycles. The second-order valence-corrected chi connectivity index (χ2v) is 9.51. The van der Waals surface area contributed by atoms with Gasteiger partial charge in [-0.05, 0) is 49.4 Å². The molecule has 4 heterocycles. The van der Waals surface area contributed by atoms with Crippen LogP contribution in [0.15, 0.2) is 47.4 Å². The van der Waals surface area contributed by atoms with Crippen LogP contribution in [0.2, 0.25) is 0 Å². The second-order valence-electron chi connectivity index (χ2n) is 8.73. The lowest BCUT2D eigenvalue weighted by Gasteiger charge is -2.45. The second kappa shape index (κ2) is 8.15. The van der Waals surface area contributed by atoms with Gasteiger partial charge in [0.1, 0.15) is 11.7 Å². The van der Waals surface area contributed by atoms with Crippen LogP contribution in [-0.4, -0.2) is 38.2 Å². The fourth-order valence-electron chi connectivity index (χ4n) is 5.03. The maximum atomic E-state index is 13.5. The van der Waals surface area contributed by atoms with Crippen molar-refractivity contribution >= 4 is 57.0 Å². The standard InChI is InChI=1S/C24H25N7OS/c1-15-23(32)31(19-9-10-33-14-19)21-13-25-24(27-17-7-8-20-16(11-17)12-26-29-20)28-22(21)30(15)18-5-3-2-4-6-18/h7-15,18H,2-6H2,1H3,(H,26,29)(H,25,27,28)/t15-/m1/s1. The first-order valence-electron chi connectivity index (χ1n) is 11.4. The van der Waals surface area contributed by atoms with E-state index in [-0.39, 0.29) is 11.9 Å². The number of amides is 1. The van der Waals surface area contributed by atoms with Crippen molar-refractivity contribution in [3.05, 3.63) is 47.4 Å². The largest absolute Gasteiger partial charge is 0.340 e. The summed E-state index contributed by atoms with van der Waals surface area (Å²) >= 11 is 1.58. The van der Waals surface area contributed by atoms with Crippen molar-refractivity contribution < 1.29 is 4.79 Å². The molecule has 33 heavy (non-hydrogen) atoms. The molecule has 0 saturated heterocycles. The zero-order valence-corrected chi connectivity index (χ0v) is 19.2. The highest BCUT2D eigenvalue weighted by Gasteiger charge is 2.41. The highest BCUT2D eigenvalue weighted by Crippen LogP contribution is 2.43. The molecule has 0 spiro atoms. The van der Waals surface area contributed by atoms with E-state index in [0.717, 1.165) is 46.6 Å². The zero-order valence-electron chi connectivity index (χ0n) is 18.4. The number of carbonyl (C=O) groups excluding carboxylic acids is 1. The van der Waals surface area contributed by atoms with Crippen LogP contribution in [0.3, 0.4) is 0 Å². The lowest BCUT2D eigenvalue weighted by molar-refractivity contribution is -0.119. The Balaban J connectivity index is 1.42. The molecule has 4 aromatic rings. The number of nitrogens with one attached hydrogen (secondary N) is 2. The number of benzene rings is 1. The van der Waals surface area contributed by atoms with Crippen LogP contribution in [0.4, 0.5) is 28.8 Å². The van der Waals surface area contributed by atoms with Gasteiger partial charge < -0.3 is 10.2 Å². The molecule has 8 nitrogen and oxygen atoms in total. The molecule has 0 radical (unpaired) electrons. The van der Waals surface area contributed by atoms with Gasteiger partial charge in [-0.1, -0.05) is 19.3 Å². The number of H-pyrrole nitrogens is 1. The summed E-state index contributed by atoms with van der Waals surface area (Å²) in [6.07, 6.45) is 9.37. The summed E-state index contributed by atoms with van der Waals surface area (Å²) in [4.78, 5) is 27.1. The maximum Gasteiger partial charge on any atom is 0.254 e. The number of nitrogens with zero attached hydrogens (tertiary/aromatic N) is 5. The molecule has 1 fully saturated rings. The number of rotatable bonds is 4. The Morgan fingerprint density at radius 2 is 2.03 bits per heavy atom. The first-order valence-corrected chi connectivity index (χ1v) is 12.3. The molecule has 1 aliphatic heterocycles. The third-order valence-corrected chi connectivity index (χ3v) is 7.33. The number of aromatic nitrogens is 4. The normalized spacial score (nSPS) is 19.2. The number of carbonyl (C=O) groups is 1. The highest BCUT2D eigenvalue weighted by atomic mass is 32.1. The van der Waals surface area contributed by atoms with Gasteiger partial charge in [0, 0.05) is 22.5 Å². The quantitative estimate of drug-likeness (QED) is 0.427. The molecule has 0 unspecified atom stereocenters. The molecule has 1 amide bonds. The van der Waals surface area contributed by atoms with E-state index in [1.807, 2.05) is 41.9 Å². The van der Waals surface area contributed by atoms with Crippen molar-refractivity contribution in [2.24, 2.45) is 0 Å². The Morgan fingerprint density at radius 3 is 2.85 bits per heavy atom. The molecule has 3 aromatic heterocycles. The van der Waals surface area contributed by atoms with E-state index in [2.05, 4.69) is 25.4 Å². The molecule has 168 valence electrons. The van der Waals surface area contributed by atoms with E-state index < -0.39 is 0 Å². The molecule has 2 aliphatic rings. The lowest BCUT2D eigenvalue weighted by Crippen LogP contribution is -2.55. The first kappa shape index (κ1) is 20.2. The van der Waals surface area contributed by atoms with Crippen LogP contribution in [0.5, 0.6) is 0 Å². The van der Waals surface area contributed by atoms with E-state index >= 15 is 0 Å². The number of anilines is 5. The molecule has 1 atom stereocenters.